The van der Waals surface area contributed by atoms with Gasteiger partial charge in [-0.15, -0.1) is 0 Å². The van der Waals surface area contributed by atoms with E-state index < -0.39 is 6.04 Å². The first kappa shape index (κ1) is 13.4. The molecule has 1 aromatic carbocycles. The average Bonchev–Trinajstić information content (AvgIpc) is 2.41. The maximum absolute atomic E-state index is 12.2. The predicted molar refractivity (Wildman–Crippen MR) is 70.3 cm³/mol. The van der Waals surface area contributed by atoms with Gasteiger partial charge < -0.3 is 15.3 Å². The quantitative estimate of drug-likeness (QED) is 0.836. The monoisotopic (exact) mass is 262 g/mol. The molecule has 0 spiro atoms. The van der Waals surface area contributed by atoms with Crippen LogP contribution >= 0.6 is 0 Å². The third kappa shape index (κ3) is 3.05. The van der Waals surface area contributed by atoms with Gasteiger partial charge in [0.15, 0.2) is 0 Å². The summed E-state index contributed by atoms with van der Waals surface area (Å²) in [4.78, 5) is 25.5. The van der Waals surface area contributed by atoms with E-state index in [2.05, 4.69) is 5.32 Å². The Balaban J connectivity index is 2.21. The Kier molecular flexibility index (Phi) is 3.74. The molecule has 2 atom stereocenters. The molecule has 5 heteroatoms. The van der Waals surface area contributed by atoms with Crippen LogP contribution < -0.4 is 5.32 Å². The van der Waals surface area contributed by atoms with Gasteiger partial charge >= 0.3 is 0 Å². The summed E-state index contributed by atoms with van der Waals surface area (Å²) < 4.78 is 0. The SMILES string of the molecule is CC1NC(=O)CC(C)N(Cc2cccc(O)c2)C1=O. The molecule has 1 aliphatic heterocycles. The van der Waals surface area contributed by atoms with Crippen LogP contribution in [0, 0.1) is 0 Å². The highest BCUT2D eigenvalue weighted by atomic mass is 16.3. The van der Waals surface area contributed by atoms with Crippen LogP contribution in [0.3, 0.4) is 0 Å². The van der Waals surface area contributed by atoms with E-state index in [9.17, 15) is 14.7 Å². The molecule has 2 rings (SSSR count). The Bertz CT molecular complexity index is 501. The summed E-state index contributed by atoms with van der Waals surface area (Å²) in [6.07, 6.45) is 0.300. The molecule has 0 saturated carbocycles. The maximum Gasteiger partial charge on any atom is 0.245 e. The number of hydrogen-bond donors (Lipinski definition) is 2. The van der Waals surface area contributed by atoms with Crippen LogP contribution in [-0.4, -0.2) is 33.9 Å². The van der Waals surface area contributed by atoms with Gasteiger partial charge in [0.2, 0.25) is 11.8 Å². The van der Waals surface area contributed by atoms with Crippen LogP contribution in [0.5, 0.6) is 5.75 Å². The van der Waals surface area contributed by atoms with Gasteiger partial charge in [-0.05, 0) is 31.5 Å². The van der Waals surface area contributed by atoms with Gasteiger partial charge in [0.05, 0.1) is 0 Å². The molecule has 0 radical (unpaired) electrons. The lowest BCUT2D eigenvalue weighted by atomic mass is 10.1. The van der Waals surface area contributed by atoms with Crippen molar-refractivity contribution >= 4 is 11.8 Å². The normalized spacial score (nSPS) is 24.0. The Morgan fingerprint density at radius 2 is 2.11 bits per heavy atom. The van der Waals surface area contributed by atoms with E-state index >= 15 is 0 Å². The second-order valence-electron chi connectivity index (χ2n) is 4.98. The lowest BCUT2D eigenvalue weighted by Gasteiger charge is -2.28. The fourth-order valence-corrected chi connectivity index (χ4v) is 2.29. The summed E-state index contributed by atoms with van der Waals surface area (Å²) in [5.41, 5.74) is 0.849. The van der Waals surface area contributed by atoms with Crippen LogP contribution in [0.2, 0.25) is 0 Å². The van der Waals surface area contributed by atoms with Crippen molar-refractivity contribution in [3.8, 4) is 5.75 Å². The maximum atomic E-state index is 12.2. The van der Waals surface area contributed by atoms with Crippen LogP contribution in [0.1, 0.15) is 25.8 Å². The van der Waals surface area contributed by atoms with Crippen molar-refractivity contribution in [3.05, 3.63) is 29.8 Å². The van der Waals surface area contributed by atoms with Crippen molar-refractivity contribution in [1.82, 2.24) is 10.2 Å². The lowest BCUT2D eigenvalue weighted by Crippen LogP contribution is -2.44. The molecule has 0 bridgehead atoms. The van der Waals surface area contributed by atoms with Crippen molar-refractivity contribution in [1.29, 1.82) is 0 Å². The van der Waals surface area contributed by atoms with Crippen molar-refractivity contribution in [2.75, 3.05) is 0 Å². The lowest BCUT2D eigenvalue weighted by molar-refractivity contribution is -0.135. The topological polar surface area (TPSA) is 69.6 Å². The summed E-state index contributed by atoms with van der Waals surface area (Å²) in [6.45, 7) is 3.94. The Hall–Kier alpha value is -2.04. The highest BCUT2D eigenvalue weighted by Crippen LogP contribution is 2.18. The zero-order chi connectivity index (χ0) is 14.0. The number of phenolic OH excluding ortho intramolecular Hbond substituents is 1. The first-order valence-corrected chi connectivity index (χ1v) is 6.35. The number of nitrogens with one attached hydrogen (secondary N) is 1. The van der Waals surface area contributed by atoms with E-state index in [1.807, 2.05) is 13.0 Å². The molecule has 1 aliphatic rings. The molecule has 2 N–H and O–H groups in total. The van der Waals surface area contributed by atoms with Crippen molar-refractivity contribution in [2.45, 2.75) is 38.9 Å². The number of rotatable bonds is 2. The van der Waals surface area contributed by atoms with E-state index in [-0.39, 0.29) is 23.6 Å². The van der Waals surface area contributed by atoms with Gasteiger partial charge in [-0.1, -0.05) is 12.1 Å². The van der Waals surface area contributed by atoms with Crippen molar-refractivity contribution in [2.24, 2.45) is 0 Å². The molecule has 2 amide bonds. The summed E-state index contributed by atoms with van der Waals surface area (Å²) >= 11 is 0. The predicted octanol–water partition coefficient (Wildman–Crippen LogP) is 1.02. The van der Waals surface area contributed by atoms with Gasteiger partial charge in [-0.25, -0.2) is 0 Å². The number of carbonyl (C=O) groups is 2. The van der Waals surface area contributed by atoms with E-state index in [4.69, 9.17) is 0 Å². The molecule has 5 nitrogen and oxygen atoms in total. The largest absolute Gasteiger partial charge is 0.508 e. The first-order valence-electron chi connectivity index (χ1n) is 6.35. The second kappa shape index (κ2) is 5.30. The molecule has 1 aromatic rings. The number of phenols is 1. The van der Waals surface area contributed by atoms with Crippen LogP contribution in [0.15, 0.2) is 24.3 Å². The molecule has 0 aliphatic carbocycles. The Labute approximate surface area is 112 Å². The number of nitrogens with zero attached hydrogens (tertiary/aromatic N) is 1. The molecule has 0 aromatic heterocycles. The molecule has 1 saturated heterocycles. The molecular formula is C14H18N2O3. The highest BCUT2D eigenvalue weighted by Gasteiger charge is 2.31. The van der Waals surface area contributed by atoms with E-state index in [1.54, 1.807) is 30.0 Å². The summed E-state index contributed by atoms with van der Waals surface area (Å²) in [5, 5.41) is 12.1. The molecule has 102 valence electrons. The summed E-state index contributed by atoms with van der Waals surface area (Å²) in [7, 11) is 0. The summed E-state index contributed by atoms with van der Waals surface area (Å²) in [6, 6.07) is 6.15. The number of hydrogen-bond acceptors (Lipinski definition) is 3. The second-order valence-corrected chi connectivity index (χ2v) is 4.98. The van der Waals surface area contributed by atoms with E-state index in [0.717, 1.165) is 5.56 Å². The van der Waals surface area contributed by atoms with Gasteiger partial charge in [0.25, 0.3) is 0 Å². The number of aromatic hydroxyl groups is 1. The minimum Gasteiger partial charge on any atom is -0.508 e. The number of benzene rings is 1. The fourth-order valence-electron chi connectivity index (χ4n) is 2.29. The number of amides is 2. The van der Waals surface area contributed by atoms with E-state index in [0.29, 0.717) is 13.0 Å². The third-order valence-corrected chi connectivity index (χ3v) is 3.31. The number of carbonyl (C=O) groups excluding carboxylic acids is 2. The van der Waals surface area contributed by atoms with Crippen molar-refractivity contribution in [3.63, 3.8) is 0 Å². The average molecular weight is 262 g/mol. The van der Waals surface area contributed by atoms with E-state index in [1.165, 1.54) is 0 Å². The van der Waals surface area contributed by atoms with Crippen LogP contribution in [0.25, 0.3) is 0 Å². The van der Waals surface area contributed by atoms with Gasteiger partial charge in [0.1, 0.15) is 11.8 Å². The zero-order valence-corrected chi connectivity index (χ0v) is 11.1. The minimum absolute atomic E-state index is 0.0957. The first-order chi connectivity index (χ1) is 8.97. The van der Waals surface area contributed by atoms with Gasteiger partial charge in [0, 0.05) is 19.0 Å². The Morgan fingerprint density at radius 1 is 1.37 bits per heavy atom. The molecule has 2 unspecified atom stereocenters. The highest BCUT2D eigenvalue weighted by molar-refractivity contribution is 5.90. The smallest absolute Gasteiger partial charge is 0.245 e. The Morgan fingerprint density at radius 3 is 2.79 bits per heavy atom. The fraction of sp³-hybridized carbons (Fsp3) is 0.429. The molecular weight excluding hydrogens is 244 g/mol. The zero-order valence-electron chi connectivity index (χ0n) is 11.1. The van der Waals surface area contributed by atoms with Crippen LogP contribution in [0.4, 0.5) is 0 Å². The molecule has 19 heavy (non-hydrogen) atoms. The van der Waals surface area contributed by atoms with Crippen LogP contribution in [-0.2, 0) is 16.1 Å². The molecule has 1 heterocycles. The van der Waals surface area contributed by atoms with Gasteiger partial charge in [-0.2, -0.15) is 0 Å². The summed E-state index contributed by atoms with van der Waals surface area (Å²) in [5.74, 6) is -0.0249. The van der Waals surface area contributed by atoms with Crippen molar-refractivity contribution < 1.29 is 14.7 Å². The standard InChI is InChI=1S/C14H18N2O3/c1-9-6-13(18)15-10(2)14(19)16(9)8-11-4-3-5-12(17)7-11/h3-5,7,9-10,17H,6,8H2,1-2H3,(H,15,18). The third-order valence-electron chi connectivity index (χ3n) is 3.31. The van der Waals surface area contributed by atoms with Gasteiger partial charge in [-0.3, -0.25) is 9.59 Å². The molecule has 1 fully saturated rings. The minimum atomic E-state index is -0.505.